The lowest BCUT2D eigenvalue weighted by atomic mass is 10.1. The number of sulfone groups is 2. The molecule has 2 aromatic carbocycles. The Morgan fingerprint density at radius 1 is 0.571 bits per heavy atom. The number of para-hydroxylation sites is 2. The fourth-order valence-corrected chi connectivity index (χ4v) is 11.9. The molecule has 6 aromatic rings. The van der Waals surface area contributed by atoms with E-state index in [9.17, 15) is 26.4 Å². The van der Waals surface area contributed by atoms with Crippen molar-refractivity contribution in [2.24, 2.45) is 0 Å². The molecule has 2 saturated heterocycles. The van der Waals surface area contributed by atoms with Crippen LogP contribution in [0.25, 0.3) is 34.5 Å². The molecule has 22 nitrogen and oxygen atoms in total. The van der Waals surface area contributed by atoms with Crippen LogP contribution in [-0.4, -0.2) is 171 Å². The number of aromatic nitrogens is 6. The van der Waals surface area contributed by atoms with Gasteiger partial charge >= 0.3 is 12.1 Å². The highest BCUT2D eigenvalue weighted by atomic mass is 32.2. The summed E-state index contributed by atoms with van der Waals surface area (Å²) in [7, 11) is 5.28. The molecule has 2 fully saturated rings. The van der Waals surface area contributed by atoms with Gasteiger partial charge in [0.25, 0.3) is 0 Å². The van der Waals surface area contributed by atoms with Crippen molar-refractivity contribution < 1.29 is 54.2 Å². The van der Waals surface area contributed by atoms with Crippen LogP contribution < -0.4 is 18.9 Å². The van der Waals surface area contributed by atoms with E-state index < -0.39 is 30.2 Å². The highest BCUT2D eigenvalue weighted by Crippen LogP contribution is 2.39. The number of methoxy groups -OCH3 is 4. The lowest BCUT2D eigenvalue weighted by Crippen LogP contribution is -2.48. The van der Waals surface area contributed by atoms with E-state index in [1.54, 1.807) is 108 Å². The molecule has 8 rings (SSSR count). The second kappa shape index (κ2) is 21.7. The third-order valence-corrected chi connectivity index (χ3v) is 16.1. The van der Waals surface area contributed by atoms with Crippen molar-refractivity contribution in [2.45, 2.75) is 47.7 Å². The molecule has 0 saturated carbocycles. The molecule has 70 heavy (non-hydrogen) atoms. The van der Waals surface area contributed by atoms with Crippen LogP contribution in [0.15, 0.2) is 82.0 Å². The number of hydrogen-bond donors (Lipinski definition) is 0. The molecule has 0 bridgehead atoms. The molecule has 0 unspecified atom stereocenters. The Labute approximate surface area is 406 Å². The van der Waals surface area contributed by atoms with Crippen molar-refractivity contribution >= 4 is 31.7 Å². The summed E-state index contributed by atoms with van der Waals surface area (Å²) in [5.74, 6) is 2.90. The van der Waals surface area contributed by atoms with Crippen molar-refractivity contribution in [1.29, 1.82) is 0 Å². The van der Waals surface area contributed by atoms with Crippen LogP contribution in [0.2, 0.25) is 0 Å². The quantitative estimate of drug-likeness (QED) is 0.136. The van der Waals surface area contributed by atoms with Crippen molar-refractivity contribution in [2.75, 3.05) is 82.8 Å². The zero-order chi connectivity index (χ0) is 50.3. The molecular weight excluding hydrogens is 949 g/mol. The maximum Gasteiger partial charge on any atom is 0.319 e. The van der Waals surface area contributed by atoms with Gasteiger partial charge in [0, 0.05) is 54.4 Å². The summed E-state index contributed by atoms with van der Waals surface area (Å²) in [5.41, 5.74) is 0.930. The van der Waals surface area contributed by atoms with Gasteiger partial charge in [-0.15, -0.1) is 20.4 Å². The monoisotopic (exact) mass is 1010 g/mol. The van der Waals surface area contributed by atoms with Gasteiger partial charge in [-0.2, -0.15) is 0 Å². The Morgan fingerprint density at radius 2 is 0.929 bits per heavy atom. The molecule has 376 valence electrons. The van der Waals surface area contributed by atoms with E-state index in [1.165, 1.54) is 50.8 Å². The highest BCUT2D eigenvalue weighted by molar-refractivity contribution is 7.91. The van der Waals surface area contributed by atoms with E-state index >= 15 is 0 Å². The maximum absolute atomic E-state index is 13.6. The molecule has 6 heterocycles. The SMILES string of the molecule is COc1cccc(OC)c1-n1c(CS(=O)(=O)[C@@H]2CCCN(C(=O)N(C)C)C2)nnc1-c1ccco1.COc1cccc(OC)c1-n1c(CS(=O)(=O)[C@H]2CCCN(C(=O)N(C)C)C2)nnc1-c1ccco1. The Balaban J connectivity index is 0.000000206. The lowest BCUT2D eigenvalue weighted by Gasteiger charge is -2.34. The predicted octanol–water partition coefficient (Wildman–Crippen LogP) is 5.21. The lowest BCUT2D eigenvalue weighted by molar-refractivity contribution is 0.161. The summed E-state index contributed by atoms with van der Waals surface area (Å²) < 4.78 is 90.8. The van der Waals surface area contributed by atoms with E-state index in [-0.39, 0.29) is 48.3 Å². The molecule has 24 heteroatoms. The van der Waals surface area contributed by atoms with Gasteiger partial charge in [-0.1, -0.05) is 12.1 Å². The van der Waals surface area contributed by atoms with E-state index in [2.05, 4.69) is 20.4 Å². The molecule has 0 spiro atoms. The summed E-state index contributed by atoms with van der Waals surface area (Å²) in [6.45, 7) is 1.33. The third kappa shape index (κ3) is 10.7. The molecule has 4 aromatic heterocycles. The summed E-state index contributed by atoms with van der Waals surface area (Å²) in [4.78, 5) is 30.9. The van der Waals surface area contributed by atoms with Gasteiger partial charge < -0.3 is 47.4 Å². The number of carbonyl (C=O) groups excluding carboxylic acids is 2. The van der Waals surface area contributed by atoms with Crippen LogP contribution in [0.3, 0.4) is 0 Å². The fraction of sp³-hybridized carbons (Fsp3) is 0.435. The van der Waals surface area contributed by atoms with Gasteiger partial charge in [-0.25, -0.2) is 26.4 Å². The first-order valence-corrected chi connectivity index (χ1v) is 25.7. The zero-order valence-corrected chi connectivity index (χ0v) is 42.0. The van der Waals surface area contributed by atoms with Crippen LogP contribution in [0.1, 0.15) is 37.3 Å². The van der Waals surface area contributed by atoms with E-state index in [0.29, 0.717) is 96.3 Å². The highest BCUT2D eigenvalue weighted by Gasteiger charge is 2.37. The van der Waals surface area contributed by atoms with Crippen molar-refractivity contribution in [1.82, 2.24) is 49.1 Å². The Kier molecular flexibility index (Phi) is 15.7. The minimum absolute atomic E-state index is 0.135. The molecule has 0 radical (unpaired) electrons. The van der Waals surface area contributed by atoms with E-state index in [4.69, 9.17) is 27.8 Å². The number of furan rings is 2. The van der Waals surface area contributed by atoms with Crippen molar-refractivity contribution in [3.8, 4) is 57.5 Å². The van der Waals surface area contributed by atoms with Gasteiger partial charge in [-0.3, -0.25) is 9.13 Å². The number of ether oxygens (including phenoxy) is 4. The molecule has 0 aliphatic carbocycles. The predicted molar refractivity (Wildman–Crippen MR) is 257 cm³/mol. The van der Waals surface area contributed by atoms with Gasteiger partial charge in [0.2, 0.25) is 11.6 Å². The molecule has 2 aliphatic heterocycles. The van der Waals surface area contributed by atoms with Gasteiger partial charge in [0.05, 0.1) is 51.5 Å². The number of rotatable bonds is 14. The van der Waals surface area contributed by atoms with Crippen molar-refractivity contribution in [3.63, 3.8) is 0 Å². The number of likely N-dealkylation sites (tertiary alicyclic amines) is 2. The number of carbonyl (C=O) groups is 2. The van der Waals surface area contributed by atoms with Crippen LogP contribution in [-0.2, 0) is 31.2 Å². The summed E-state index contributed by atoms with van der Waals surface area (Å²) in [6.07, 6.45) is 5.15. The van der Waals surface area contributed by atoms with Gasteiger partial charge in [-0.05, 0) is 74.2 Å². The molecule has 0 N–H and O–H groups in total. The fourth-order valence-electron chi connectivity index (χ4n) is 8.50. The number of amides is 4. The first-order chi connectivity index (χ1) is 33.5. The third-order valence-electron chi connectivity index (χ3n) is 11.9. The smallest absolute Gasteiger partial charge is 0.319 e. The van der Waals surface area contributed by atoms with Gasteiger partial charge in [0.15, 0.2) is 42.8 Å². The van der Waals surface area contributed by atoms with Gasteiger partial charge in [0.1, 0.15) is 45.9 Å². The standard InChI is InChI=1S/2C23H29N5O6S/c2*1-26(2)23(29)27-12-6-8-16(14-27)35(30,31)15-20-24-25-22(19-11-7-13-34-19)28(20)21-17(32-3)9-5-10-18(21)33-4/h2*5,7,9-11,13,16H,6,8,12,14-15H2,1-4H3/t2*16-/m10/s1. The maximum atomic E-state index is 13.6. The number of hydrogen-bond acceptors (Lipinski definition) is 16. The van der Waals surface area contributed by atoms with Crippen LogP contribution >= 0.6 is 0 Å². The second-order valence-electron chi connectivity index (χ2n) is 16.9. The number of piperidine rings is 2. The van der Waals surface area contributed by atoms with Crippen molar-refractivity contribution in [3.05, 3.63) is 84.8 Å². The average molecular weight is 1010 g/mol. The van der Waals surface area contributed by atoms with E-state index in [1.807, 2.05) is 0 Å². The first kappa shape index (κ1) is 50.8. The Hall–Kier alpha value is -7.08. The molecule has 2 atom stereocenters. The summed E-state index contributed by atoms with van der Waals surface area (Å²) in [6, 6.07) is 17.0. The number of nitrogens with zero attached hydrogens (tertiary/aromatic N) is 10. The molecule has 2 aliphatic rings. The Morgan fingerprint density at radius 3 is 1.23 bits per heavy atom. The average Bonchev–Trinajstić information content (AvgIpc) is 4.22. The number of benzene rings is 2. The molecule has 4 amide bonds. The largest absolute Gasteiger partial charge is 0.494 e. The number of urea groups is 2. The topological polar surface area (TPSA) is 240 Å². The van der Waals surface area contributed by atoms with E-state index in [0.717, 1.165) is 0 Å². The Bertz CT molecular complexity index is 2730. The zero-order valence-electron chi connectivity index (χ0n) is 40.3. The first-order valence-electron chi connectivity index (χ1n) is 22.3. The van der Waals surface area contributed by atoms with Crippen LogP contribution in [0.5, 0.6) is 23.0 Å². The minimum atomic E-state index is -3.70. The summed E-state index contributed by atoms with van der Waals surface area (Å²) in [5, 5.41) is 15.6. The minimum Gasteiger partial charge on any atom is -0.494 e. The van der Waals surface area contributed by atoms with Crippen LogP contribution in [0.4, 0.5) is 9.59 Å². The molecular formula is C46H58N10O12S2. The van der Waals surface area contributed by atoms with Crippen LogP contribution in [0, 0.1) is 0 Å². The second-order valence-corrected chi connectivity index (χ2v) is 21.5. The normalized spacial score (nSPS) is 16.2. The summed E-state index contributed by atoms with van der Waals surface area (Å²) >= 11 is 0.